The lowest BCUT2D eigenvalue weighted by Crippen LogP contribution is -2.49. The molecule has 148 valence electrons. The molecule has 1 aliphatic rings. The van der Waals surface area contributed by atoms with Crippen LogP contribution >= 0.6 is 0 Å². The summed E-state index contributed by atoms with van der Waals surface area (Å²) in [5.41, 5.74) is 2.84. The molecule has 0 radical (unpaired) electrons. The van der Waals surface area contributed by atoms with Crippen molar-refractivity contribution in [3.63, 3.8) is 0 Å². The zero-order valence-electron chi connectivity index (χ0n) is 16.5. The van der Waals surface area contributed by atoms with Crippen LogP contribution in [0, 0.1) is 0 Å². The second-order valence-corrected chi connectivity index (χ2v) is 7.00. The summed E-state index contributed by atoms with van der Waals surface area (Å²) >= 11 is 0. The summed E-state index contributed by atoms with van der Waals surface area (Å²) in [6.07, 6.45) is 0.357. The molecule has 0 N–H and O–H groups in total. The number of ether oxygens (including phenoxy) is 1. The smallest absolute Gasteiger partial charge is 0.227 e. The number of aromatic nitrogens is 2. The first kappa shape index (κ1) is 18.9. The molecule has 2 heterocycles. The van der Waals surface area contributed by atoms with Crippen LogP contribution in [-0.2, 0) is 11.2 Å². The van der Waals surface area contributed by atoms with Crippen molar-refractivity contribution in [2.75, 3.05) is 38.2 Å². The van der Waals surface area contributed by atoms with Gasteiger partial charge in [0.2, 0.25) is 5.91 Å². The highest BCUT2D eigenvalue weighted by Crippen LogP contribution is 2.21. The maximum absolute atomic E-state index is 12.7. The maximum Gasteiger partial charge on any atom is 0.227 e. The monoisotopic (exact) mass is 388 g/mol. The number of carbonyl (C=O) groups is 1. The van der Waals surface area contributed by atoms with Crippen molar-refractivity contribution in [1.82, 2.24) is 15.1 Å². The zero-order chi connectivity index (χ0) is 20.1. The first-order valence-corrected chi connectivity index (χ1v) is 9.78. The molecular formula is C23H24N4O2. The van der Waals surface area contributed by atoms with E-state index in [2.05, 4.69) is 15.1 Å². The summed E-state index contributed by atoms with van der Waals surface area (Å²) in [4.78, 5) is 16.8. The molecule has 4 rings (SSSR count). The van der Waals surface area contributed by atoms with Gasteiger partial charge in [-0.05, 0) is 18.2 Å². The van der Waals surface area contributed by atoms with Gasteiger partial charge in [-0.3, -0.25) is 4.79 Å². The maximum atomic E-state index is 12.7. The third-order valence-corrected chi connectivity index (χ3v) is 5.21. The van der Waals surface area contributed by atoms with Crippen LogP contribution in [0.4, 0.5) is 5.82 Å². The molecular weight excluding hydrogens is 364 g/mol. The quantitative estimate of drug-likeness (QED) is 0.672. The molecule has 0 bridgehead atoms. The Kier molecular flexibility index (Phi) is 5.70. The average molecular weight is 388 g/mol. The highest BCUT2D eigenvalue weighted by Gasteiger charge is 2.23. The topological polar surface area (TPSA) is 58.6 Å². The van der Waals surface area contributed by atoms with E-state index in [0.717, 1.165) is 41.5 Å². The number of rotatable bonds is 5. The van der Waals surface area contributed by atoms with Gasteiger partial charge in [0.05, 0.1) is 19.2 Å². The van der Waals surface area contributed by atoms with Crippen molar-refractivity contribution in [3.8, 4) is 17.0 Å². The minimum atomic E-state index is 0.125. The number of benzene rings is 2. The lowest BCUT2D eigenvalue weighted by molar-refractivity contribution is -0.130. The Balaban J connectivity index is 1.35. The van der Waals surface area contributed by atoms with Crippen LogP contribution in [0.1, 0.15) is 5.56 Å². The standard InChI is InChI=1S/C23H24N4O2/c1-29-21-10-6-5-9-19(21)17-23(28)27-15-13-26(14-16-27)22-12-11-20(24-25-22)18-7-3-2-4-8-18/h2-12H,13-17H2,1H3. The molecule has 0 aliphatic carbocycles. The van der Waals surface area contributed by atoms with Crippen molar-refractivity contribution in [2.45, 2.75) is 6.42 Å². The third-order valence-electron chi connectivity index (χ3n) is 5.21. The van der Waals surface area contributed by atoms with E-state index in [0.29, 0.717) is 19.5 Å². The molecule has 1 aliphatic heterocycles. The number of piperazine rings is 1. The van der Waals surface area contributed by atoms with Crippen molar-refractivity contribution < 1.29 is 9.53 Å². The minimum Gasteiger partial charge on any atom is -0.496 e. The van der Waals surface area contributed by atoms with Gasteiger partial charge < -0.3 is 14.5 Å². The van der Waals surface area contributed by atoms with E-state index in [4.69, 9.17) is 4.74 Å². The Morgan fingerprint density at radius 1 is 0.897 bits per heavy atom. The predicted molar refractivity (Wildman–Crippen MR) is 113 cm³/mol. The van der Waals surface area contributed by atoms with Crippen LogP contribution in [0.5, 0.6) is 5.75 Å². The van der Waals surface area contributed by atoms with E-state index in [1.807, 2.05) is 71.6 Å². The summed E-state index contributed by atoms with van der Waals surface area (Å²) in [7, 11) is 1.63. The number of carbonyl (C=O) groups excluding carboxylic acids is 1. The summed E-state index contributed by atoms with van der Waals surface area (Å²) < 4.78 is 5.36. The number of hydrogen-bond donors (Lipinski definition) is 0. The Hall–Kier alpha value is -3.41. The molecule has 1 saturated heterocycles. The lowest BCUT2D eigenvalue weighted by atomic mass is 10.1. The summed E-state index contributed by atoms with van der Waals surface area (Å²) in [5, 5.41) is 8.76. The SMILES string of the molecule is COc1ccccc1CC(=O)N1CCN(c2ccc(-c3ccccc3)nn2)CC1. The largest absolute Gasteiger partial charge is 0.496 e. The molecule has 6 nitrogen and oxygen atoms in total. The van der Waals surface area contributed by atoms with Gasteiger partial charge in [0.25, 0.3) is 0 Å². The molecule has 1 aromatic heterocycles. The summed E-state index contributed by atoms with van der Waals surface area (Å²) in [6, 6.07) is 21.7. The molecule has 0 spiro atoms. The molecule has 29 heavy (non-hydrogen) atoms. The summed E-state index contributed by atoms with van der Waals surface area (Å²) in [5.74, 6) is 1.73. The average Bonchev–Trinajstić information content (AvgIpc) is 2.80. The molecule has 1 fully saturated rings. The van der Waals surface area contributed by atoms with Crippen molar-refractivity contribution in [1.29, 1.82) is 0 Å². The van der Waals surface area contributed by atoms with E-state index < -0.39 is 0 Å². The summed E-state index contributed by atoms with van der Waals surface area (Å²) in [6.45, 7) is 2.85. The fourth-order valence-corrected chi connectivity index (χ4v) is 3.57. The van der Waals surface area contributed by atoms with E-state index in [1.165, 1.54) is 0 Å². The van der Waals surface area contributed by atoms with Gasteiger partial charge in [0.15, 0.2) is 5.82 Å². The molecule has 1 amide bonds. The number of nitrogens with zero attached hydrogens (tertiary/aromatic N) is 4. The van der Waals surface area contributed by atoms with E-state index in [9.17, 15) is 4.79 Å². The minimum absolute atomic E-state index is 0.125. The first-order chi connectivity index (χ1) is 14.2. The molecule has 0 saturated carbocycles. The molecule has 6 heteroatoms. The number of anilines is 1. The van der Waals surface area contributed by atoms with Crippen LogP contribution in [0.2, 0.25) is 0 Å². The predicted octanol–water partition coefficient (Wildman–Crippen LogP) is 3.04. The molecule has 2 aromatic carbocycles. The molecule has 0 atom stereocenters. The fourth-order valence-electron chi connectivity index (χ4n) is 3.57. The molecule has 0 unspecified atom stereocenters. The Bertz CT molecular complexity index is 952. The number of hydrogen-bond acceptors (Lipinski definition) is 5. The van der Waals surface area contributed by atoms with E-state index >= 15 is 0 Å². The Morgan fingerprint density at radius 2 is 1.62 bits per heavy atom. The number of amides is 1. The van der Waals surface area contributed by atoms with Crippen LogP contribution in [0.3, 0.4) is 0 Å². The Labute approximate surface area is 170 Å². The second kappa shape index (κ2) is 8.73. The van der Waals surface area contributed by atoms with Crippen molar-refractivity contribution >= 4 is 11.7 Å². The zero-order valence-corrected chi connectivity index (χ0v) is 16.5. The van der Waals surface area contributed by atoms with Crippen molar-refractivity contribution in [3.05, 3.63) is 72.3 Å². The van der Waals surface area contributed by atoms with Gasteiger partial charge in [0, 0.05) is 37.3 Å². The number of methoxy groups -OCH3 is 1. The third kappa shape index (κ3) is 4.37. The molecule has 3 aromatic rings. The Morgan fingerprint density at radius 3 is 2.31 bits per heavy atom. The number of para-hydroxylation sites is 1. The second-order valence-electron chi connectivity index (χ2n) is 7.00. The van der Waals surface area contributed by atoms with Gasteiger partial charge in [-0.2, -0.15) is 0 Å². The van der Waals surface area contributed by atoms with Gasteiger partial charge >= 0.3 is 0 Å². The highest BCUT2D eigenvalue weighted by molar-refractivity contribution is 5.79. The van der Waals surface area contributed by atoms with Crippen molar-refractivity contribution in [2.24, 2.45) is 0 Å². The first-order valence-electron chi connectivity index (χ1n) is 9.78. The fraction of sp³-hybridized carbons (Fsp3) is 0.261. The van der Waals surface area contributed by atoms with Gasteiger partial charge in [-0.1, -0.05) is 48.5 Å². The van der Waals surface area contributed by atoms with Crippen LogP contribution in [0.25, 0.3) is 11.3 Å². The highest BCUT2D eigenvalue weighted by atomic mass is 16.5. The van der Waals surface area contributed by atoms with Gasteiger partial charge in [0.1, 0.15) is 5.75 Å². The normalized spacial score (nSPS) is 14.0. The van der Waals surface area contributed by atoms with Crippen LogP contribution in [0.15, 0.2) is 66.7 Å². The van der Waals surface area contributed by atoms with Gasteiger partial charge in [-0.25, -0.2) is 0 Å². The van der Waals surface area contributed by atoms with Gasteiger partial charge in [-0.15, -0.1) is 10.2 Å². The van der Waals surface area contributed by atoms with E-state index in [1.54, 1.807) is 7.11 Å². The van der Waals surface area contributed by atoms with Crippen LogP contribution < -0.4 is 9.64 Å². The lowest BCUT2D eigenvalue weighted by Gasteiger charge is -2.35. The van der Waals surface area contributed by atoms with E-state index in [-0.39, 0.29) is 5.91 Å². The van der Waals surface area contributed by atoms with Crippen LogP contribution in [-0.4, -0.2) is 54.3 Å².